The zero-order chi connectivity index (χ0) is 19.3. The Morgan fingerprint density at radius 3 is 2.42 bits per heavy atom. The molecule has 0 fully saturated rings. The van der Waals surface area contributed by atoms with Crippen LogP contribution in [0.1, 0.15) is 37.7 Å². The van der Waals surface area contributed by atoms with E-state index in [2.05, 4.69) is 15.7 Å². The lowest BCUT2D eigenvalue weighted by molar-refractivity contribution is -0.124. The lowest BCUT2D eigenvalue weighted by Gasteiger charge is -2.20. The molecule has 0 aliphatic carbocycles. The molecule has 2 rings (SSSR count). The molecular weight excluding hydrogens is 328 g/mol. The monoisotopic (exact) mass is 354 g/mol. The third-order valence-electron chi connectivity index (χ3n) is 3.69. The number of hydrogen-bond acceptors (Lipinski definition) is 3. The second kappa shape index (κ2) is 7.99. The minimum Gasteiger partial charge on any atom is -0.350 e. The zero-order valence-corrected chi connectivity index (χ0v) is 16.0. The SMILES string of the molecule is Cc1nn(-c2ccccc2)c(C)c1/C=C/C(=O)NCC(=O)NC(C)(C)C. The van der Waals surface area contributed by atoms with Crippen LogP contribution in [0.25, 0.3) is 11.8 Å². The van der Waals surface area contributed by atoms with Crippen LogP contribution in [0.4, 0.5) is 0 Å². The summed E-state index contributed by atoms with van der Waals surface area (Å²) in [6.07, 6.45) is 3.16. The van der Waals surface area contributed by atoms with Gasteiger partial charge in [0, 0.05) is 22.9 Å². The molecule has 1 heterocycles. The summed E-state index contributed by atoms with van der Waals surface area (Å²) in [4.78, 5) is 23.7. The first-order chi connectivity index (χ1) is 12.2. The van der Waals surface area contributed by atoms with Gasteiger partial charge in [-0.05, 0) is 52.8 Å². The van der Waals surface area contributed by atoms with Gasteiger partial charge < -0.3 is 10.6 Å². The maximum Gasteiger partial charge on any atom is 0.244 e. The molecule has 0 atom stereocenters. The van der Waals surface area contributed by atoms with Crippen molar-refractivity contribution in [1.29, 1.82) is 0 Å². The average Bonchev–Trinajstić information content (AvgIpc) is 2.85. The van der Waals surface area contributed by atoms with Gasteiger partial charge in [-0.15, -0.1) is 0 Å². The van der Waals surface area contributed by atoms with Gasteiger partial charge in [-0.2, -0.15) is 5.10 Å². The number of carbonyl (C=O) groups is 2. The fourth-order valence-electron chi connectivity index (χ4n) is 2.56. The maximum absolute atomic E-state index is 12.0. The van der Waals surface area contributed by atoms with Gasteiger partial charge in [0.15, 0.2) is 0 Å². The molecule has 0 aliphatic heterocycles. The maximum atomic E-state index is 12.0. The van der Waals surface area contributed by atoms with E-state index in [4.69, 9.17) is 0 Å². The second-order valence-electron chi connectivity index (χ2n) is 7.18. The molecule has 0 saturated carbocycles. The molecule has 0 saturated heterocycles. The summed E-state index contributed by atoms with van der Waals surface area (Å²) in [7, 11) is 0. The number of para-hydroxylation sites is 1. The Labute approximate surface area is 154 Å². The predicted octanol–water partition coefficient (Wildman–Crippen LogP) is 2.53. The van der Waals surface area contributed by atoms with Gasteiger partial charge in [-0.25, -0.2) is 4.68 Å². The van der Waals surface area contributed by atoms with Gasteiger partial charge >= 0.3 is 0 Å². The summed E-state index contributed by atoms with van der Waals surface area (Å²) < 4.78 is 1.85. The van der Waals surface area contributed by atoms with Crippen molar-refractivity contribution in [1.82, 2.24) is 20.4 Å². The summed E-state index contributed by atoms with van der Waals surface area (Å²) in [5.74, 6) is -0.538. The minimum absolute atomic E-state index is 0.0539. The van der Waals surface area contributed by atoms with Crippen molar-refractivity contribution in [2.24, 2.45) is 0 Å². The Balaban J connectivity index is 2.03. The van der Waals surface area contributed by atoms with Gasteiger partial charge in [0.2, 0.25) is 11.8 Å². The van der Waals surface area contributed by atoms with E-state index in [0.717, 1.165) is 22.6 Å². The number of aryl methyl sites for hydroxylation is 1. The molecule has 0 unspecified atom stereocenters. The van der Waals surface area contributed by atoms with Crippen molar-refractivity contribution < 1.29 is 9.59 Å². The van der Waals surface area contributed by atoms with Crippen molar-refractivity contribution >= 4 is 17.9 Å². The van der Waals surface area contributed by atoms with Crippen molar-refractivity contribution in [3.63, 3.8) is 0 Å². The zero-order valence-electron chi connectivity index (χ0n) is 16.0. The molecular formula is C20H26N4O2. The Kier molecular flexibility index (Phi) is 5.97. The third kappa shape index (κ3) is 5.31. The first kappa shape index (κ1) is 19.4. The van der Waals surface area contributed by atoms with E-state index in [-0.39, 0.29) is 23.9 Å². The molecule has 2 amide bonds. The number of nitrogens with one attached hydrogen (secondary N) is 2. The number of amides is 2. The number of carbonyl (C=O) groups excluding carboxylic acids is 2. The smallest absolute Gasteiger partial charge is 0.244 e. The summed E-state index contributed by atoms with van der Waals surface area (Å²) in [6, 6.07) is 9.83. The van der Waals surface area contributed by atoms with Crippen LogP contribution < -0.4 is 10.6 Å². The fraction of sp³-hybridized carbons (Fsp3) is 0.350. The summed E-state index contributed by atoms with van der Waals surface area (Å²) in [6.45, 7) is 9.48. The highest BCUT2D eigenvalue weighted by Gasteiger charge is 2.14. The van der Waals surface area contributed by atoms with Gasteiger partial charge in [0.1, 0.15) is 0 Å². The average molecular weight is 354 g/mol. The topological polar surface area (TPSA) is 76.0 Å². The molecule has 6 nitrogen and oxygen atoms in total. The highest BCUT2D eigenvalue weighted by molar-refractivity contribution is 5.94. The van der Waals surface area contributed by atoms with E-state index in [0.29, 0.717) is 0 Å². The fourth-order valence-corrected chi connectivity index (χ4v) is 2.56. The van der Waals surface area contributed by atoms with Crippen LogP contribution in [0.15, 0.2) is 36.4 Å². The highest BCUT2D eigenvalue weighted by Crippen LogP contribution is 2.18. The quantitative estimate of drug-likeness (QED) is 0.810. The molecule has 1 aromatic carbocycles. The molecule has 0 aliphatic rings. The first-order valence-electron chi connectivity index (χ1n) is 8.56. The lowest BCUT2D eigenvalue weighted by atomic mass is 10.1. The van der Waals surface area contributed by atoms with Crippen LogP contribution in [0.3, 0.4) is 0 Å². The Hall–Kier alpha value is -2.89. The molecule has 26 heavy (non-hydrogen) atoms. The van der Waals surface area contributed by atoms with Crippen LogP contribution in [0.2, 0.25) is 0 Å². The first-order valence-corrected chi connectivity index (χ1v) is 8.56. The van der Waals surface area contributed by atoms with Crippen molar-refractivity contribution in [2.45, 2.75) is 40.2 Å². The number of hydrogen-bond donors (Lipinski definition) is 2. The van der Waals surface area contributed by atoms with Crippen LogP contribution >= 0.6 is 0 Å². The van der Waals surface area contributed by atoms with E-state index >= 15 is 0 Å². The Bertz CT molecular complexity index is 814. The summed E-state index contributed by atoms with van der Waals surface area (Å²) in [5, 5.41) is 9.93. The van der Waals surface area contributed by atoms with Gasteiger partial charge in [-0.3, -0.25) is 9.59 Å². The highest BCUT2D eigenvalue weighted by atomic mass is 16.2. The molecule has 6 heteroatoms. The van der Waals surface area contributed by atoms with E-state index in [1.54, 1.807) is 6.08 Å². The lowest BCUT2D eigenvalue weighted by Crippen LogP contribution is -2.45. The van der Waals surface area contributed by atoms with Crippen molar-refractivity contribution in [2.75, 3.05) is 6.54 Å². The number of aromatic nitrogens is 2. The summed E-state index contributed by atoms with van der Waals surface area (Å²) >= 11 is 0. The van der Waals surface area contributed by atoms with Gasteiger partial charge in [0.05, 0.1) is 17.9 Å². The molecule has 0 spiro atoms. The predicted molar refractivity (Wildman–Crippen MR) is 103 cm³/mol. The molecule has 2 aromatic rings. The number of rotatable bonds is 5. The standard InChI is InChI=1S/C20H26N4O2/c1-14-17(15(2)24(23-14)16-9-7-6-8-10-16)11-12-18(25)21-13-19(26)22-20(3,4)5/h6-12H,13H2,1-5H3,(H,21,25)(H,22,26)/b12-11+. The van der Waals surface area contributed by atoms with Crippen LogP contribution in [-0.4, -0.2) is 33.7 Å². The molecule has 0 radical (unpaired) electrons. The largest absolute Gasteiger partial charge is 0.350 e. The number of nitrogens with zero attached hydrogens (tertiary/aromatic N) is 2. The Morgan fingerprint density at radius 1 is 1.15 bits per heavy atom. The van der Waals surface area contributed by atoms with Gasteiger partial charge in [-0.1, -0.05) is 18.2 Å². The van der Waals surface area contributed by atoms with E-state index in [1.165, 1.54) is 6.08 Å². The molecule has 0 bridgehead atoms. The third-order valence-corrected chi connectivity index (χ3v) is 3.69. The second-order valence-corrected chi connectivity index (χ2v) is 7.18. The molecule has 138 valence electrons. The normalized spacial score (nSPS) is 11.6. The van der Waals surface area contributed by atoms with Crippen LogP contribution in [0, 0.1) is 13.8 Å². The number of benzene rings is 1. The summed E-state index contributed by atoms with van der Waals surface area (Å²) in [5.41, 5.74) is 3.32. The van der Waals surface area contributed by atoms with Crippen LogP contribution in [-0.2, 0) is 9.59 Å². The van der Waals surface area contributed by atoms with E-state index in [9.17, 15) is 9.59 Å². The van der Waals surface area contributed by atoms with Gasteiger partial charge in [0.25, 0.3) is 0 Å². The molecule has 1 aromatic heterocycles. The van der Waals surface area contributed by atoms with E-state index < -0.39 is 0 Å². The Morgan fingerprint density at radius 2 is 1.81 bits per heavy atom. The van der Waals surface area contributed by atoms with Crippen molar-refractivity contribution in [3.05, 3.63) is 53.4 Å². The van der Waals surface area contributed by atoms with Crippen molar-refractivity contribution in [3.8, 4) is 5.69 Å². The van der Waals surface area contributed by atoms with Crippen LogP contribution in [0.5, 0.6) is 0 Å². The van der Waals surface area contributed by atoms with E-state index in [1.807, 2.05) is 69.6 Å². The minimum atomic E-state index is -0.322. The molecule has 2 N–H and O–H groups in total.